The molecule has 0 saturated heterocycles. The number of phenolic OH excluding ortho intramolecular Hbond substituents is 3. The van der Waals surface area contributed by atoms with Crippen LogP contribution < -0.4 is 0 Å². The summed E-state index contributed by atoms with van der Waals surface area (Å²) in [5, 5.41) is 30.8. The molecular formula is C23H24O3. The van der Waals surface area contributed by atoms with Gasteiger partial charge in [0, 0.05) is 12.8 Å². The largest absolute Gasteiger partial charge is 0.508 e. The lowest BCUT2D eigenvalue weighted by atomic mass is 9.94. The van der Waals surface area contributed by atoms with Crippen LogP contribution in [0.3, 0.4) is 0 Å². The Morgan fingerprint density at radius 3 is 2.04 bits per heavy atom. The minimum Gasteiger partial charge on any atom is -0.508 e. The fraction of sp³-hybridized carbons (Fsp3) is 0.217. The highest BCUT2D eigenvalue weighted by atomic mass is 16.3. The second-order valence-electron chi connectivity index (χ2n) is 6.99. The standard InChI is InChI=1S/C23H24O3/c1-14-9-19(12-17-7-8-21(24)16(3)11-17)23(26)20(10-14)13-18-6-4-5-15(2)22(18)25/h4-11,24-26H,12-13H2,1-3H3. The van der Waals surface area contributed by atoms with Gasteiger partial charge in [-0.25, -0.2) is 0 Å². The number of rotatable bonds is 4. The van der Waals surface area contributed by atoms with Crippen LogP contribution in [0.15, 0.2) is 48.5 Å². The summed E-state index contributed by atoms with van der Waals surface area (Å²) in [7, 11) is 0. The van der Waals surface area contributed by atoms with Crippen LogP contribution in [0, 0.1) is 20.8 Å². The minimum atomic E-state index is 0.266. The van der Waals surface area contributed by atoms with Gasteiger partial charge >= 0.3 is 0 Å². The number of aryl methyl sites for hydroxylation is 3. The van der Waals surface area contributed by atoms with E-state index in [2.05, 4.69) is 0 Å². The first-order valence-electron chi connectivity index (χ1n) is 8.72. The van der Waals surface area contributed by atoms with Gasteiger partial charge in [-0.15, -0.1) is 0 Å². The number of hydrogen-bond donors (Lipinski definition) is 3. The van der Waals surface area contributed by atoms with Crippen molar-refractivity contribution in [2.75, 3.05) is 0 Å². The van der Waals surface area contributed by atoms with E-state index in [1.54, 1.807) is 6.07 Å². The van der Waals surface area contributed by atoms with Crippen molar-refractivity contribution in [3.63, 3.8) is 0 Å². The summed E-state index contributed by atoms with van der Waals surface area (Å²) in [5.74, 6) is 0.823. The zero-order valence-corrected chi connectivity index (χ0v) is 15.4. The SMILES string of the molecule is Cc1cc(Cc2ccc(O)c(C)c2)c(O)c(Cc2cccc(C)c2O)c1. The number of hydrogen-bond acceptors (Lipinski definition) is 3. The molecule has 3 aromatic rings. The Balaban J connectivity index is 1.95. The van der Waals surface area contributed by atoms with Gasteiger partial charge in [-0.2, -0.15) is 0 Å². The second-order valence-corrected chi connectivity index (χ2v) is 6.99. The van der Waals surface area contributed by atoms with E-state index in [9.17, 15) is 15.3 Å². The third-order valence-corrected chi connectivity index (χ3v) is 4.77. The zero-order chi connectivity index (χ0) is 18.8. The summed E-state index contributed by atoms with van der Waals surface area (Å²) in [6, 6.07) is 15.1. The molecule has 26 heavy (non-hydrogen) atoms. The molecule has 0 bridgehead atoms. The highest BCUT2D eigenvalue weighted by Gasteiger charge is 2.13. The summed E-state index contributed by atoms with van der Waals surface area (Å²) >= 11 is 0. The van der Waals surface area contributed by atoms with Crippen molar-refractivity contribution in [3.8, 4) is 17.2 Å². The molecule has 3 heteroatoms. The molecule has 3 aromatic carbocycles. The van der Waals surface area contributed by atoms with Crippen LogP contribution in [-0.2, 0) is 12.8 Å². The van der Waals surface area contributed by atoms with Crippen molar-refractivity contribution in [3.05, 3.63) is 87.5 Å². The first-order chi connectivity index (χ1) is 12.3. The van der Waals surface area contributed by atoms with Gasteiger partial charge in [-0.1, -0.05) is 48.0 Å². The average Bonchev–Trinajstić information content (AvgIpc) is 2.59. The Bertz CT molecular complexity index is 958. The molecule has 0 amide bonds. The Labute approximate surface area is 154 Å². The minimum absolute atomic E-state index is 0.266. The Kier molecular flexibility index (Phi) is 4.90. The summed E-state index contributed by atoms with van der Waals surface area (Å²) in [4.78, 5) is 0. The van der Waals surface area contributed by atoms with E-state index >= 15 is 0 Å². The number of phenols is 3. The number of aromatic hydroxyl groups is 3. The summed E-state index contributed by atoms with van der Waals surface area (Å²) < 4.78 is 0. The maximum Gasteiger partial charge on any atom is 0.122 e. The monoisotopic (exact) mass is 348 g/mol. The lowest BCUT2D eigenvalue weighted by molar-refractivity contribution is 0.457. The van der Waals surface area contributed by atoms with E-state index in [0.29, 0.717) is 12.8 Å². The van der Waals surface area contributed by atoms with E-state index in [1.807, 2.05) is 63.2 Å². The lowest BCUT2D eigenvalue weighted by Gasteiger charge is -2.14. The van der Waals surface area contributed by atoms with Crippen molar-refractivity contribution in [1.29, 1.82) is 0 Å². The highest BCUT2D eigenvalue weighted by Crippen LogP contribution is 2.32. The smallest absolute Gasteiger partial charge is 0.122 e. The molecule has 3 nitrogen and oxygen atoms in total. The van der Waals surface area contributed by atoms with Crippen LogP contribution in [0.1, 0.15) is 38.9 Å². The fourth-order valence-electron chi connectivity index (χ4n) is 3.32. The predicted molar refractivity (Wildman–Crippen MR) is 104 cm³/mol. The third-order valence-electron chi connectivity index (χ3n) is 4.77. The molecule has 0 aromatic heterocycles. The van der Waals surface area contributed by atoms with E-state index in [4.69, 9.17) is 0 Å². The van der Waals surface area contributed by atoms with Gasteiger partial charge < -0.3 is 15.3 Å². The molecule has 3 N–H and O–H groups in total. The van der Waals surface area contributed by atoms with Crippen LogP contribution >= 0.6 is 0 Å². The number of para-hydroxylation sites is 1. The van der Waals surface area contributed by atoms with Crippen molar-refractivity contribution in [2.45, 2.75) is 33.6 Å². The van der Waals surface area contributed by atoms with E-state index in [1.165, 1.54) is 0 Å². The summed E-state index contributed by atoms with van der Waals surface area (Å²) in [6.07, 6.45) is 1.06. The van der Waals surface area contributed by atoms with Gasteiger partial charge in [-0.05, 0) is 60.2 Å². The van der Waals surface area contributed by atoms with Gasteiger partial charge in [0.2, 0.25) is 0 Å². The van der Waals surface area contributed by atoms with Crippen LogP contribution in [-0.4, -0.2) is 15.3 Å². The molecule has 0 aliphatic carbocycles. The molecular weight excluding hydrogens is 324 g/mol. The predicted octanol–water partition coefficient (Wildman–Crippen LogP) is 4.91. The molecule has 0 radical (unpaired) electrons. The maximum atomic E-state index is 10.8. The molecule has 0 aliphatic heterocycles. The molecule has 0 aliphatic rings. The fourth-order valence-corrected chi connectivity index (χ4v) is 3.32. The molecule has 0 fully saturated rings. The Morgan fingerprint density at radius 1 is 0.654 bits per heavy atom. The first-order valence-corrected chi connectivity index (χ1v) is 8.72. The van der Waals surface area contributed by atoms with Crippen molar-refractivity contribution in [1.82, 2.24) is 0 Å². The van der Waals surface area contributed by atoms with Crippen LogP contribution in [0.4, 0.5) is 0 Å². The molecule has 0 saturated carbocycles. The molecule has 0 unspecified atom stereocenters. The molecule has 134 valence electrons. The molecule has 0 spiro atoms. The zero-order valence-electron chi connectivity index (χ0n) is 15.4. The molecule has 0 atom stereocenters. The summed E-state index contributed by atoms with van der Waals surface area (Å²) in [6.45, 7) is 5.74. The van der Waals surface area contributed by atoms with Gasteiger partial charge in [-0.3, -0.25) is 0 Å². The number of benzene rings is 3. The topological polar surface area (TPSA) is 60.7 Å². The highest BCUT2D eigenvalue weighted by molar-refractivity contribution is 5.50. The van der Waals surface area contributed by atoms with Crippen molar-refractivity contribution < 1.29 is 15.3 Å². The Hall–Kier alpha value is -2.94. The van der Waals surface area contributed by atoms with Gasteiger partial charge in [0.05, 0.1) is 0 Å². The quantitative estimate of drug-likeness (QED) is 0.628. The maximum absolute atomic E-state index is 10.8. The van der Waals surface area contributed by atoms with Crippen LogP contribution in [0.2, 0.25) is 0 Å². The molecule has 3 rings (SSSR count). The van der Waals surface area contributed by atoms with E-state index in [-0.39, 0.29) is 17.2 Å². The van der Waals surface area contributed by atoms with Crippen LogP contribution in [0.5, 0.6) is 17.2 Å². The van der Waals surface area contributed by atoms with Gasteiger partial charge in [0.15, 0.2) is 0 Å². The van der Waals surface area contributed by atoms with Gasteiger partial charge in [0.1, 0.15) is 17.2 Å². The first kappa shape index (κ1) is 17.9. The van der Waals surface area contributed by atoms with E-state index in [0.717, 1.165) is 38.9 Å². The van der Waals surface area contributed by atoms with E-state index < -0.39 is 0 Å². The average molecular weight is 348 g/mol. The second kappa shape index (κ2) is 7.12. The normalized spacial score (nSPS) is 10.9. The Morgan fingerprint density at radius 2 is 1.35 bits per heavy atom. The van der Waals surface area contributed by atoms with Crippen LogP contribution in [0.25, 0.3) is 0 Å². The van der Waals surface area contributed by atoms with Crippen molar-refractivity contribution in [2.24, 2.45) is 0 Å². The molecule has 0 heterocycles. The third kappa shape index (κ3) is 3.67. The van der Waals surface area contributed by atoms with Crippen molar-refractivity contribution >= 4 is 0 Å². The van der Waals surface area contributed by atoms with Gasteiger partial charge in [0.25, 0.3) is 0 Å². The lowest BCUT2D eigenvalue weighted by Crippen LogP contribution is -1.97. The summed E-state index contributed by atoms with van der Waals surface area (Å²) in [5.41, 5.74) is 6.20.